The summed E-state index contributed by atoms with van der Waals surface area (Å²) >= 11 is 6.12. The van der Waals surface area contributed by atoms with Crippen molar-refractivity contribution in [1.29, 1.82) is 0 Å². The molecule has 0 spiro atoms. The van der Waals surface area contributed by atoms with Crippen LogP contribution in [0.1, 0.15) is 11.1 Å². The first-order valence-electron chi connectivity index (χ1n) is 8.54. The molecule has 3 nitrogen and oxygen atoms in total. The molecule has 132 valence electrons. The summed E-state index contributed by atoms with van der Waals surface area (Å²) in [5.74, 6) is -0.00862. The molecule has 0 unspecified atom stereocenters. The molecule has 0 amide bonds. The molecule has 2 aromatic rings. The number of carbonyl (C=O) groups is 1. The van der Waals surface area contributed by atoms with Gasteiger partial charge in [-0.25, -0.2) is 4.39 Å². The summed E-state index contributed by atoms with van der Waals surface area (Å²) < 4.78 is 13.0. The predicted molar refractivity (Wildman–Crippen MR) is 98.3 cm³/mol. The molecule has 0 radical (unpaired) electrons. The molecular weight excluding hydrogens is 339 g/mol. The molecule has 1 fully saturated rings. The fourth-order valence-electron chi connectivity index (χ4n) is 3.11. The van der Waals surface area contributed by atoms with Gasteiger partial charge in [0.1, 0.15) is 5.82 Å². The van der Waals surface area contributed by atoms with Gasteiger partial charge in [0.2, 0.25) is 0 Å². The topological polar surface area (TPSA) is 23.6 Å². The number of Topliss-reactive ketones (excluding diaryl/α,β-unsaturated/α-hetero) is 1. The molecule has 5 heteroatoms. The summed E-state index contributed by atoms with van der Waals surface area (Å²) in [5, 5.41) is 0.653. The molecule has 25 heavy (non-hydrogen) atoms. The van der Waals surface area contributed by atoms with Crippen molar-refractivity contribution in [3.8, 4) is 0 Å². The Morgan fingerprint density at radius 1 is 0.960 bits per heavy atom. The zero-order valence-corrected chi connectivity index (χ0v) is 14.9. The fraction of sp³-hybridized carbons (Fsp3) is 0.350. The molecular formula is C20H22ClFN2O. The maximum atomic E-state index is 13.0. The minimum atomic E-state index is -0.203. The Balaban J connectivity index is 1.43. The van der Waals surface area contributed by atoms with Gasteiger partial charge in [0.25, 0.3) is 0 Å². The SMILES string of the molecule is O=C(Cc1ccccc1Cl)CN1CCN(Cc2ccc(F)cc2)CC1. The molecule has 0 bridgehead atoms. The van der Waals surface area contributed by atoms with Crippen LogP contribution in [0, 0.1) is 5.82 Å². The normalized spacial score (nSPS) is 16.1. The summed E-state index contributed by atoms with van der Waals surface area (Å²) in [4.78, 5) is 16.8. The van der Waals surface area contributed by atoms with Crippen LogP contribution in [-0.4, -0.2) is 48.3 Å². The maximum absolute atomic E-state index is 13.0. The quantitative estimate of drug-likeness (QED) is 0.788. The van der Waals surface area contributed by atoms with E-state index in [0.29, 0.717) is 18.0 Å². The van der Waals surface area contributed by atoms with Gasteiger partial charge in [-0.05, 0) is 29.3 Å². The average molecular weight is 361 g/mol. The van der Waals surface area contributed by atoms with Crippen molar-refractivity contribution in [3.05, 3.63) is 70.5 Å². The summed E-state index contributed by atoms with van der Waals surface area (Å²) in [5.41, 5.74) is 2.01. The highest BCUT2D eigenvalue weighted by Crippen LogP contribution is 2.16. The van der Waals surface area contributed by atoms with E-state index in [9.17, 15) is 9.18 Å². The van der Waals surface area contributed by atoms with E-state index in [1.165, 1.54) is 12.1 Å². The van der Waals surface area contributed by atoms with Crippen molar-refractivity contribution < 1.29 is 9.18 Å². The van der Waals surface area contributed by atoms with Crippen LogP contribution in [0.3, 0.4) is 0 Å². The Hall–Kier alpha value is -1.75. The summed E-state index contributed by atoms with van der Waals surface area (Å²) in [6.45, 7) is 4.86. The van der Waals surface area contributed by atoms with Crippen LogP contribution < -0.4 is 0 Å². The fourth-order valence-corrected chi connectivity index (χ4v) is 3.32. The first-order valence-corrected chi connectivity index (χ1v) is 8.92. The average Bonchev–Trinajstić information content (AvgIpc) is 2.61. The lowest BCUT2D eigenvalue weighted by molar-refractivity contribution is -0.120. The molecule has 3 rings (SSSR count). The smallest absolute Gasteiger partial charge is 0.151 e. The summed E-state index contributed by atoms with van der Waals surface area (Å²) in [6.07, 6.45) is 0.384. The first kappa shape index (κ1) is 18.1. The Labute approximate surface area is 153 Å². The minimum absolute atomic E-state index is 0.195. The van der Waals surface area contributed by atoms with Gasteiger partial charge in [-0.3, -0.25) is 14.6 Å². The number of ketones is 1. The van der Waals surface area contributed by atoms with E-state index in [-0.39, 0.29) is 11.6 Å². The van der Waals surface area contributed by atoms with Gasteiger partial charge in [0, 0.05) is 44.2 Å². The highest BCUT2D eigenvalue weighted by Gasteiger charge is 2.19. The predicted octanol–water partition coefficient (Wildman–Crippen LogP) is 3.41. The Bertz CT molecular complexity index is 712. The van der Waals surface area contributed by atoms with Crippen LogP contribution in [0.4, 0.5) is 4.39 Å². The van der Waals surface area contributed by atoms with Crippen LogP contribution in [0.25, 0.3) is 0 Å². The molecule has 0 aliphatic carbocycles. The van der Waals surface area contributed by atoms with E-state index in [1.807, 2.05) is 36.4 Å². The number of benzene rings is 2. The van der Waals surface area contributed by atoms with Gasteiger partial charge in [-0.2, -0.15) is 0 Å². The molecule has 1 aliphatic heterocycles. The molecule has 0 N–H and O–H groups in total. The van der Waals surface area contributed by atoms with E-state index < -0.39 is 0 Å². The highest BCUT2D eigenvalue weighted by atomic mass is 35.5. The minimum Gasteiger partial charge on any atom is -0.298 e. The molecule has 0 atom stereocenters. The number of piperazine rings is 1. The maximum Gasteiger partial charge on any atom is 0.151 e. The lowest BCUT2D eigenvalue weighted by atomic mass is 10.1. The first-order chi connectivity index (χ1) is 12.1. The van der Waals surface area contributed by atoms with Crippen LogP contribution in [0.5, 0.6) is 0 Å². The standard InChI is InChI=1S/C20H22ClFN2O/c21-20-4-2-1-3-17(20)13-19(25)15-24-11-9-23(10-12-24)14-16-5-7-18(22)8-6-16/h1-8H,9-15H2. The van der Waals surface area contributed by atoms with E-state index in [1.54, 1.807) is 0 Å². The van der Waals surface area contributed by atoms with Crippen LogP contribution in [0.15, 0.2) is 48.5 Å². The molecule has 1 saturated heterocycles. The van der Waals surface area contributed by atoms with Gasteiger partial charge in [0.05, 0.1) is 6.54 Å². The Morgan fingerprint density at radius 2 is 1.60 bits per heavy atom. The van der Waals surface area contributed by atoms with Crippen molar-refractivity contribution in [2.75, 3.05) is 32.7 Å². The van der Waals surface area contributed by atoms with Gasteiger partial charge in [0.15, 0.2) is 5.78 Å². The van der Waals surface area contributed by atoms with Crippen molar-refractivity contribution in [2.24, 2.45) is 0 Å². The third kappa shape index (κ3) is 5.36. The van der Waals surface area contributed by atoms with Crippen LogP contribution in [0.2, 0.25) is 5.02 Å². The van der Waals surface area contributed by atoms with Crippen molar-refractivity contribution in [3.63, 3.8) is 0 Å². The van der Waals surface area contributed by atoms with E-state index in [2.05, 4.69) is 9.80 Å². The van der Waals surface area contributed by atoms with E-state index in [0.717, 1.165) is 43.9 Å². The number of halogens is 2. The number of hydrogen-bond donors (Lipinski definition) is 0. The summed E-state index contributed by atoms with van der Waals surface area (Å²) in [7, 11) is 0. The van der Waals surface area contributed by atoms with Gasteiger partial charge in [-0.1, -0.05) is 41.9 Å². The summed E-state index contributed by atoms with van der Waals surface area (Å²) in [6, 6.07) is 14.2. The largest absolute Gasteiger partial charge is 0.298 e. The lowest BCUT2D eigenvalue weighted by Crippen LogP contribution is -2.47. The zero-order valence-electron chi connectivity index (χ0n) is 14.1. The monoisotopic (exact) mass is 360 g/mol. The number of hydrogen-bond acceptors (Lipinski definition) is 3. The zero-order chi connectivity index (χ0) is 17.6. The molecule has 2 aromatic carbocycles. The second kappa shape index (κ2) is 8.56. The lowest BCUT2D eigenvalue weighted by Gasteiger charge is -2.34. The second-order valence-electron chi connectivity index (χ2n) is 6.49. The Kier molecular flexibility index (Phi) is 6.19. The molecule has 1 heterocycles. The van der Waals surface area contributed by atoms with E-state index >= 15 is 0 Å². The van der Waals surface area contributed by atoms with Gasteiger partial charge >= 0.3 is 0 Å². The van der Waals surface area contributed by atoms with Crippen molar-refractivity contribution >= 4 is 17.4 Å². The third-order valence-electron chi connectivity index (χ3n) is 4.53. The van der Waals surface area contributed by atoms with Crippen molar-refractivity contribution in [1.82, 2.24) is 9.80 Å². The number of rotatable bonds is 6. The number of nitrogens with zero attached hydrogens (tertiary/aromatic N) is 2. The van der Waals surface area contributed by atoms with Crippen LogP contribution >= 0.6 is 11.6 Å². The van der Waals surface area contributed by atoms with Gasteiger partial charge < -0.3 is 0 Å². The van der Waals surface area contributed by atoms with Crippen molar-refractivity contribution in [2.45, 2.75) is 13.0 Å². The highest BCUT2D eigenvalue weighted by molar-refractivity contribution is 6.31. The third-order valence-corrected chi connectivity index (χ3v) is 4.90. The van der Waals surface area contributed by atoms with Crippen LogP contribution in [-0.2, 0) is 17.8 Å². The Morgan fingerprint density at radius 3 is 2.28 bits per heavy atom. The number of carbonyl (C=O) groups excluding carboxylic acids is 1. The molecule has 1 aliphatic rings. The second-order valence-corrected chi connectivity index (χ2v) is 6.89. The molecule has 0 aromatic heterocycles. The van der Waals surface area contributed by atoms with E-state index in [4.69, 9.17) is 11.6 Å². The van der Waals surface area contributed by atoms with Gasteiger partial charge in [-0.15, -0.1) is 0 Å². The molecule has 0 saturated carbocycles.